The monoisotopic (exact) mass is 405 g/mol. The van der Waals surface area contributed by atoms with E-state index >= 15 is 0 Å². The minimum atomic E-state index is -0.0746. The number of benzene rings is 1. The molecule has 148 valence electrons. The third kappa shape index (κ3) is 4.14. The number of hydrogen-bond donors (Lipinski definition) is 2. The van der Waals surface area contributed by atoms with Crippen LogP contribution in [-0.4, -0.2) is 32.0 Å². The van der Waals surface area contributed by atoms with Crippen molar-refractivity contribution in [1.82, 2.24) is 19.8 Å². The molecule has 1 amide bonds. The van der Waals surface area contributed by atoms with Crippen LogP contribution in [0, 0.1) is 0 Å². The largest absolute Gasteiger partial charge is 0.353 e. The molecule has 0 bridgehead atoms. The number of aromatic nitrogens is 2. The van der Waals surface area contributed by atoms with Gasteiger partial charge in [-0.25, -0.2) is 0 Å². The predicted molar refractivity (Wildman–Crippen MR) is 117 cm³/mol. The first-order valence-corrected chi connectivity index (χ1v) is 9.98. The van der Waals surface area contributed by atoms with Crippen molar-refractivity contribution in [1.29, 1.82) is 0 Å². The number of amides is 1. The molecule has 7 heteroatoms. The molecule has 29 heavy (non-hydrogen) atoms. The Balaban J connectivity index is 1.53. The second kappa shape index (κ2) is 8.45. The van der Waals surface area contributed by atoms with Gasteiger partial charge in [-0.15, -0.1) is 0 Å². The Labute approximate surface area is 175 Å². The fourth-order valence-corrected chi connectivity index (χ4v) is 4.05. The van der Waals surface area contributed by atoms with Crippen molar-refractivity contribution >= 4 is 28.9 Å². The number of thiocarbonyl (C=S) groups is 1. The van der Waals surface area contributed by atoms with E-state index in [9.17, 15) is 4.79 Å². The first-order valence-electron chi connectivity index (χ1n) is 9.57. The number of nitrogens with zero attached hydrogens (tertiary/aromatic N) is 3. The van der Waals surface area contributed by atoms with Crippen LogP contribution in [0.5, 0.6) is 0 Å². The Morgan fingerprint density at radius 1 is 1.14 bits per heavy atom. The average molecular weight is 406 g/mol. The molecule has 2 unspecified atom stereocenters. The van der Waals surface area contributed by atoms with Gasteiger partial charge in [0.1, 0.15) is 0 Å². The van der Waals surface area contributed by atoms with E-state index in [-0.39, 0.29) is 18.0 Å². The van der Waals surface area contributed by atoms with E-state index in [1.165, 1.54) is 0 Å². The van der Waals surface area contributed by atoms with E-state index < -0.39 is 0 Å². The molecule has 0 aliphatic carbocycles. The number of para-hydroxylation sites is 1. The SMILES string of the molecule is Cn1cccc1C1C(c2ccccn2)NC(=S)N1CCC(=O)Nc1ccccc1. The second-order valence-electron chi connectivity index (χ2n) is 7.03. The highest BCUT2D eigenvalue weighted by molar-refractivity contribution is 7.80. The molecule has 6 nitrogen and oxygen atoms in total. The number of rotatable bonds is 6. The number of hydrogen-bond acceptors (Lipinski definition) is 3. The van der Waals surface area contributed by atoms with Crippen LogP contribution < -0.4 is 10.6 Å². The third-order valence-electron chi connectivity index (χ3n) is 5.12. The quantitative estimate of drug-likeness (QED) is 0.616. The van der Waals surface area contributed by atoms with Crippen LogP contribution in [-0.2, 0) is 11.8 Å². The van der Waals surface area contributed by atoms with E-state index in [1.807, 2.05) is 67.8 Å². The number of carbonyl (C=O) groups is 1. The molecular weight excluding hydrogens is 382 g/mol. The predicted octanol–water partition coefficient (Wildman–Crippen LogP) is 3.42. The topological polar surface area (TPSA) is 62.2 Å². The lowest BCUT2D eigenvalue weighted by Gasteiger charge is -2.28. The Kier molecular flexibility index (Phi) is 5.57. The van der Waals surface area contributed by atoms with Gasteiger partial charge in [0.2, 0.25) is 5.91 Å². The molecule has 1 aliphatic heterocycles. The molecule has 1 fully saturated rings. The van der Waals surface area contributed by atoms with Crippen molar-refractivity contribution in [3.8, 4) is 0 Å². The Morgan fingerprint density at radius 2 is 1.93 bits per heavy atom. The average Bonchev–Trinajstić information content (AvgIpc) is 3.30. The van der Waals surface area contributed by atoms with Gasteiger partial charge in [-0.2, -0.15) is 0 Å². The van der Waals surface area contributed by atoms with Crippen LogP contribution in [0.2, 0.25) is 0 Å². The first-order chi connectivity index (χ1) is 14.1. The Morgan fingerprint density at radius 3 is 2.62 bits per heavy atom. The standard InChI is InChI=1S/C22H23N5OS/c1-26-14-7-11-18(26)21-20(17-10-5-6-13-23-17)25-22(29)27(21)15-12-19(28)24-16-8-3-2-4-9-16/h2-11,13-14,20-21H,12,15H2,1H3,(H,24,28)(H,25,29). The fraction of sp³-hybridized carbons (Fsp3) is 0.227. The summed E-state index contributed by atoms with van der Waals surface area (Å²) in [7, 11) is 2.02. The summed E-state index contributed by atoms with van der Waals surface area (Å²) in [5.74, 6) is -0.0362. The maximum atomic E-state index is 12.5. The zero-order chi connectivity index (χ0) is 20.2. The number of nitrogens with one attached hydrogen (secondary N) is 2. The van der Waals surface area contributed by atoms with Gasteiger partial charge in [-0.3, -0.25) is 9.78 Å². The molecule has 2 N–H and O–H groups in total. The van der Waals surface area contributed by atoms with Gasteiger partial charge >= 0.3 is 0 Å². The van der Waals surface area contributed by atoms with E-state index in [4.69, 9.17) is 12.2 Å². The van der Waals surface area contributed by atoms with E-state index in [0.717, 1.165) is 17.1 Å². The van der Waals surface area contributed by atoms with Gasteiger partial charge < -0.3 is 20.1 Å². The lowest BCUT2D eigenvalue weighted by atomic mass is 10.0. The first kappa shape index (κ1) is 19.1. The van der Waals surface area contributed by atoms with Crippen molar-refractivity contribution in [2.75, 3.05) is 11.9 Å². The van der Waals surface area contributed by atoms with Crippen LogP contribution >= 0.6 is 12.2 Å². The van der Waals surface area contributed by atoms with Crippen LogP contribution in [0.4, 0.5) is 5.69 Å². The third-order valence-corrected chi connectivity index (χ3v) is 5.47. The van der Waals surface area contributed by atoms with Gasteiger partial charge in [0, 0.05) is 43.8 Å². The zero-order valence-corrected chi connectivity index (χ0v) is 17.0. The molecule has 0 radical (unpaired) electrons. The van der Waals surface area contributed by atoms with Crippen molar-refractivity contribution in [2.24, 2.45) is 7.05 Å². The summed E-state index contributed by atoms with van der Waals surface area (Å²) in [6, 6.07) is 19.4. The highest BCUT2D eigenvalue weighted by Gasteiger charge is 2.40. The number of carbonyl (C=O) groups excluding carboxylic acids is 1. The molecule has 1 aliphatic rings. The Hall–Kier alpha value is -3.19. The van der Waals surface area contributed by atoms with Gasteiger partial charge in [0.05, 0.1) is 17.8 Å². The molecular formula is C22H23N5OS. The van der Waals surface area contributed by atoms with Crippen LogP contribution in [0.25, 0.3) is 0 Å². The lowest BCUT2D eigenvalue weighted by Crippen LogP contribution is -2.33. The number of anilines is 1. The lowest BCUT2D eigenvalue weighted by molar-refractivity contribution is -0.116. The molecule has 2 aromatic heterocycles. The van der Waals surface area contributed by atoms with Crippen molar-refractivity contribution < 1.29 is 4.79 Å². The van der Waals surface area contributed by atoms with Crippen LogP contribution in [0.1, 0.15) is 29.9 Å². The minimum absolute atomic E-state index is 0.0362. The van der Waals surface area contributed by atoms with E-state index in [0.29, 0.717) is 18.1 Å². The highest BCUT2D eigenvalue weighted by Crippen LogP contribution is 2.38. The molecule has 3 heterocycles. The summed E-state index contributed by atoms with van der Waals surface area (Å²) in [6.07, 6.45) is 4.15. The summed E-state index contributed by atoms with van der Waals surface area (Å²) in [6.45, 7) is 0.518. The number of pyridine rings is 1. The molecule has 0 spiro atoms. The van der Waals surface area contributed by atoms with Crippen LogP contribution in [0.3, 0.4) is 0 Å². The molecule has 2 atom stereocenters. The molecule has 0 saturated carbocycles. The van der Waals surface area contributed by atoms with Gasteiger partial charge in [0.15, 0.2) is 5.11 Å². The summed E-state index contributed by atoms with van der Waals surface area (Å²) in [5.41, 5.74) is 2.85. The van der Waals surface area contributed by atoms with Crippen molar-refractivity contribution in [2.45, 2.75) is 18.5 Å². The zero-order valence-electron chi connectivity index (χ0n) is 16.2. The summed E-state index contributed by atoms with van der Waals surface area (Å²) >= 11 is 5.64. The molecule has 1 aromatic carbocycles. The van der Waals surface area contributed by atoms with E-state index in [2.05, 4.69) is 31.2 Å². The highest BCUT2D eigenvalue weighted by atomic mass is 32.1. The second-order valence-corrected chi connectivity index (χ2v) is 7.41. The molecule has 3 aromatic rings. The summed E-state index contributed by atoms with van der Waals surface area (Å²) < 4.78 is 2.09. The summed E-state index contributed by atoms with van der Waals surface area (Å²) in [5, 5.41) is 6.99. The normalized spacial score (nSPS) is 18.5. The maximum absolute atomic E-state index is 12.5. The smallest absolute Gasteiger partial charge is 0.226 e. The van der Waals surface area contributed by atoms with Crippen molar-refractivity contribution in [3.05, 3.63) is 84.4 Å². The van der Waals surface area contributed by atoms with Crippen LogP contribution in [0.15, 0.2) is 73.1 Å². The Bertz CT molecular complexity index is 989. The molecule has 4 rings (SSSR count). The van der Waals surface area contributed by atoms with Gasteiger partial charge in [0.25, 0.3) is 0 Å². The fourth-order valence-electron chi connectivity index (χ4n) is 3.72. The number of aryl methyl sites for hydroxylation is 1. The minimum Gasteiger partial charge on any atom is -0.353 e. The molecule has 1 saturated heterocycles. The van der Waals surface area contributed by atoms with Gasteiger partial charge in [-0.1, -0.05) is 24.3 Å². The van der Waals surface area contributed by atoms with Crippen molar-refractivity contribution in [3.63, 3.8) is 0 Å². The van der Waals surface area contributed by atoms with Gasteiger partial charge in [-0.05, 0) is 48.6 Å². The maximum Gasteiger partial charge on any atom is 0.226 e. The summed E-state index contributed by atoms with van der Waals surface area (Å²) in [4.78, 5) is 19.1. The van der Waals surface area contributed by atoms with E-state index in [1.54, 1.807) is 6.20 Å².